The lowest BCUT2D eigenvalue weighted by Crippen LogP contribution is -2.11. The van der Waals surface area contributed by atoms with Crippen molar-refractivity contribution in [2.75, 3.05) is 4.72 Å². The summed E-state index contributed by atoms with van der Waals surface area (Å²) in [7, 11) is -3.59. The van der Waals surface area contributed by atoms with E-state index in [0.717, 1.165) is 32.5 Å². The third kappa shape index (κ3) is 3.19. The van der Waals surface area contributed by atoms with Gasteiger partial charge in [-0.2, -0.15) is 0 Å². The third-order valence-corrected chi connectivity index (χ3v) is 7.45. The van der Waals surface area contributed by atoms with Crippen LogP contribution in [-0.4, -0.2) is 8.42 Å². The molecule has 1 aromatic carbocycles. The van der Waals surface area contributed by atoms with Crippen LogP contribution in [-0.2, 0) is 10.0 Å². The van der Waals surface area contributed by atoms with Crippen LogP contribution in [0.15, 0.2) is 26.9 Å². The first kappa shape index (κ1) is 15.8. The number of thiophene rings is 1. The van der Waals surface area contributed by atoms with Gasteiger partial charge in [0, 0.05) is 10.2 Å². The van der Waals surface area contributed by atoms with E-state index < -0.39 is 10.0 Å². The van der Waals surface area contributed by atoms with Gasteiger partial charge in [0.1, 0.15) is 4.21 Å². The van der Waals surface area contributed by atoms with Crippen LogP contribution in [0.25, 0.3) is 0 Å². The Morgan fingerprint density at radius 2 is 1.65 bits per heavy atom. The van der Waals surface area contributed by atoms with Gasteiger partial charge in [0.05, 0.1) is 4.34 Å². The highest BCUT2D eigenvalue weighted by Crippen LogP contribution is 2.32. The van der Waals surface area contributed by atoms with Crippen molar-refractivity contribution < 1.29 is 8.42 Å². The van der Waals surface area contributed by atoms with E-state index in [-0.39, 0.29) is 4.21 Å². The highest BCUT2D eigenvalue weighted by Gasteiger charge is 2.19. The molecule has 7 heteroatoms. The fourth-order valence-corrected chi connectivity index (χ4v) is 4.75. The zero-order valence-electron chi connectivity index (χ0n) is 11.1. The first-order chi connectivity index (χ1) is 9.20. The van der Waals surface area contributed by atoms with Crippen LogP contribution in [0, 0.1) is 20.8 Å². The number of hydrogen-bond acceptors (Lipinski definition) is 3. The van der Waals surface area contributed by atoms with Crippen LogP contribution in [0.4, 0.5) is 5.69 Å². The van der Waals surface area contributed by atoms with Crippen molar-refractivity contribution in [1.82, 2.24) is 0 Å². The molecule has 1 heterocycles. The lowest BCUT2D eigenvalue weighted by Gasteiger charge is -2.10. The van der Waals surface area contributed by atoms with Crippen LogP contribution in [0.5, 0.6) is 0 Å². The molecule has 2 rings (SSSR count). The summed E-state index contributed by atoms with van der Waals surface area (Å²) in [6.07, 6.45) is 0. The summed E-state index contributed by atoms with van der Waals surface area (Å²) in [5.41, 5.74) is 3.26. The number of rotatable bonds is 3. The number of benzene rings is 1. The van der Waals surface area contributed by atoms with Crippen molar-refractivity contribution in [3.8, 4) is 0 Å². The zero-order valence-corrected chi connectivity index (χ0v) is 15.1. The second-order valence-corrected chi connectivity index (χ2v) is 8.91. The maximum atomic E-state index is 12.3. The van der Waals surface area contributed by atoms with Crippen LogP contribution < -0.4 is 4.72 Å². The molecule has 1 aromatic heterocycles. The lowest BCUT2D eigenvalue weighted by molar-refractivity contribution is 0.603. The largest absolute Gasteiger partial charge is 0.279 e. The van der Waals surface area contributed by atoms with E-state index in [0.29, 0.717) is 10.0 Å². The minimum atomic E-state index is -3.59. The standard InChI is InChI=1S/C13H13BrClNO2S2/c1-7-4-10(5-8(2)12(7)14)16-20(17,18)11-6-9(3)13(15)19-11/h4-6,16H,1-3H3. The van der Waals surface area contributed by atoms with Crippen molar-refractivity contribution in [3.05, 3.63) is 43.7 Å². The molecular formula is C13H13BrClNO2S2. The van der Waals surface area contributed by atoms with E-state index in [1.54, 1.807) is 25.1 Å². The van der Waals surface area contributed by atoms with Gasteiger partial charge in [-0.05, 0) is 55.7 Å². The number of nitrogens with one attached hydrogen (secondary N) is 1. The van der Waals surface area contributed by atoms with Gasteiger partial charge in [-0.15, -0.1) is 11.3 Å². The van der Waals surface area contributed by atoms with Crippen molar-refractivity contribution in [2.24, 2.45) is 0 Å². The SMILES string of the molecule is Cc1cc(S(=O)(=O)Nc2cc(C)c(Br)c(C)c2)sc1Cl. The van der Waals surface area contributed by atoms with Gasteiger partial charge >= 0.3 is 0 Å². The average Bonchev–Trinajstić information content (AvgIpc) is 2.67. The maximum absolute atomic E-state index is 12.3. The summed E-state index contributed by atoms with van der Waals surface area (Å²) >= 11 is 10.4. The van der Waals surface area contributed by atoms with E-state index in [4.69, 9.17) is 11.6 Å². The fraction of sp³-hybridized carbons (Fsp3) is 0.231. The van der Waals surface area contributed by atoms with E-state index in [2.05, 4.69) is 20.7 Å². The van der Waals surface area contributed by atoms with Crippen molar-refractivity contribution >= 4 is 54.6 Å². The Kier molecular flexibility index (Phi) is 4.49. The molecule has 3 nitrogen and oxygen atoms in total. The van der Waals surface area contributed by atoms with Gasteiger partial charge in [0.25, 0.3) is 10.0 Å². The summed E-state index contributed by atoms with van der Waals surface area (Å²) in [6.45, 7) is 5.62. The summed E-state index contributed by atoms with van der Waals surface area (Å²) in [5, 5.41) is 0. The normalized spacial score (nSPS) is 11.7. The minimum Gasteiger partial charge on any atom is -0.279 e. The Bertz CT molecular complexity index is 726. The molecule has 0 atom stereocenters. The molecule has 1 N–H and O–H groups in total. The summed E-state index contributed by atoms with van der Waals surface area (Å²) in [4.78, 5) is 0. The highest BCUT2D eigenvalue weighted by atomic mass is 79.9. The number of hydrogen-bond donors (Lipinski definition) is 1. The molecule has 2 aromatic rings. The predicted molar refractivity (Wildman–Crippen MR) is 88.5 cm³/mol. The first-order valence-electron chi connectivity index (χ1n) is 5.76. The lowest BCUT2D eigenvalue weighted by atomic mass is 10.1. The van der Waals surface area contributed by atoms with Crippen LogP contribution >= 0.6 is 38.9 Å². The van der Waals surface area contributed by atoms with Crippen molar-refractivity contribution in [1.29, 1.82) is 0 Å². The van der Waals surface area contributed by atoms with Gasteiger partial charge in [-0.1, -0.05) is 27.5 Å². The van der Waals surface area contributed by atoms with E-state index in [1.807, 2.05) is 13.8 Å². The van der Waals surface area contributed by atoms with Crippen molar-refractivity contribution in [3.63, 3.8) is 0 Å². The highest BCUT2D eigenvalue weighted by molar-refractivity contribution is 9.10. The summed E-state index contributed by atoms with van der Waals surface area (Å²) < 4.78 is 28.9. The fourth-order valence-electron chi connectivity index (χ4n) is 1.77. The Balaban J connectivity index is 2.38. The summed E-state index contributed by atoms with van der Waals surface area (Å²) in [6, 6.07) is 5.15. The number of aryl methyl sites for hydroxylation is 3. The average molecular weight is 395 g/mol. The number of halogens is 2. The van der Waals surface area contributed by atoms with E-state index in [9.17, 15) is 8.42 Å². The smallest absolute Gasteiger partial charge is 0.271 e. The molecule has 0 aliphatic heterocycles. The molecular weight excluding hydrogens is 382 g/mol. The van der Waals surface area contributed by atoms with Gasteiger partial charge < -0.3 is 0 Å². The Hall–Kier alpha value is -0.560. The topological polar surface area (TPSA) is 46.2 Å². The molecule has 0 spiro atoms. The quantitative estimate of drug-likeness (QED) is 0.805. The molecule has 0 aliphatic carbocycles. The second-order valence-electron chi connectivity index (χ2n) is 4.55. The molecule has 20 heavy (non-hydrogen) atoms. The van der Waals surface area contributed by atoms with Crippen LogP contribution in [0.2, 0.25) is 4.34 Å². The maximum Gasteiger partial charge on any atom is 0.271 e. The van der Waals surface area contributed by atoms with Crippen molar-refractivity contribution in [2.45, 2.75) is 25.0 Å². The molecule has 0 fully saturated rings. The first-order valence-corrected chi connectivity index (χ1v) is 9.23. The van der Waals surface area contributed by atoms with Gasteiger partial charge in [-0.3, -0.25) is 4.72 Å². The molecule has 0 saturated heterocycles. The monoisotopic (exact) mass is 393 g/mol. The van der Waals surface area contributed by atoms with E-state index >= 15 is 0 Å². The van der Waals surface area contributed by atoms with E-state index in [1.165, 1.54) is 0 Å². The predicted octanol–water partition coefficient (Wildman–Crippen LogP) is 4.89. The third-order valence-electron chi connectivity index (χ3n) is 2.79. The minimum absolute atomic E-state index is 0.221. The Morgan fingerprint density at radius 3 is 2.10 bits per heavy atom. The van der Waals surface area contributed by atoms with Gasteiger partial charge in [-0.25, -0.2) is 8.42 Å². The second kappa shape index (κ2) is 5.67. The Morgan fingerprint density at radius 1 is 1.10 bits per heavy atom. The van der Waals surface area contributed by atoms with Gasteiger partial charge in [0.15, 0.2) is 0 Å². The zero-order chi connectivity index (χ0) is 15.1. The molecule has 0 radical (unpaired) electrons. The molecule has 108 valence electrons. The Labute approximate surface area is 136 Å². The molecule has 0 bridgehead atoms. The number of sulfonamides is 1. The molecule has 0 unspecified atom stereocenters. The summed E-state index contributed by atoms with van der Waals surface area (Å²) in [5.74, 6) is 0. The van der Waals surface area contributed by atoms with Gasteiger partial charge in [0.2, 0.25) is 0 Å². The van der Waals surface area contributed by atoms with Crippen LogP contribution in [0.1, 0.15) is 16.7 Å². The molecule has 0 aliphatic rings. The molecule has 0 amide bonds. The number of anilines is 1. The van der Waals surface area contributed by atoms with Crippen LogP contribution in [0.3, 0.4) is 0 Å². The molecule has 0 saturated carbocycles.